The Morgan fingerprint density at radius 1 is 1.41 bits per heavy atom. The minimum Gasteiger partial charge on any atom is -0.350 e. The molecule has 0 atom stereocenters. The Labute approximate surface area is 101 Å². The van der Waals surface area contributed by atoms with Crippen LogP contribution in [0.3, 0.4) is 0 Å². The van der Waals surface area contributed by atoms with Gasteiger partial charge in [0.25, 0.3) is 5.91 Å². The molecule has 0 aliphatic rings. The van der Waals surface area contributed by atoms with Crippen LogP contribution < -0.4 is 5.32 Å². The molecular weight excluding hydrogens is 257 g/mol. The van der Waals surface area contributed by atoms with E-state index in [2.05, 4.69) is 10.3 Å². The van der Waals surface area contributed by atoms with E-state index in [1.54, 1.807) is 13.8 Å². The number of amides is 1. The quantitative estimate of drug-likeness (QED) is 0.837. The Morgan fingerprint density at radius 2 is 2.00 bits per heavy atom. The van der Waals surface area contributed by atoms with Crippen LogP contribution in [0, 0.1) is 0 Å². The number of hydrogen-bond acceptors (Lipinski definition) is 2. The van der Waals surface area contributed by atoms with Crippen molar-refractivity contribution in [3.05, 3.63) is 28.5 Å². The first kappa shape index (κ1) is 13.8. The summed E-state index contributed by atoms with van der Waals surface area (Å²) in [4.78, 5) is 14.7. The highest BCUT2D eigenvalue weighted by atomic mass is 35.5. The predicted molar refractivity (Wildman–Crippen MR) is 56.9 cm³/mol. The number of rotatable bonds is 2. The molecule has 1 aromatic heterocycles. The van der Waals surface area contributed by atoms with E-state index in [4.69, 9.17) is 11.6 Å². The molecule has 7 heteroatoms. The van der Waals surface area contributed by atoms with Gasteiger partial charge < -0.3 is 5.32 Å². The molecule has 0 saturated carbocycles. The lowest BCUT2D eigenvalue weighted by Crippen LogP contribution is -2.30. The average molecular weight is 267 g/mol. The molecule has 17 heavy (non-hydrogen) atoms. The molecule has 1 rings (SSSR count). The second-order valence-corrected chi connectivity index (χ2v) is 4.02. The maximum atomic E-state index is 12.3. The van der Waals surface area contributed by atoms with Crippen molar-refractivity contribution in [3.8, 4) is 0 Å². The van der Waals surface area contributed by atoms with Gasteiger partial charge >= 0.3 is 6.18 Å². The lowest BCUT2D eigenvalue weighted by atomic mass is 10.2. The molecular formula is C10H10ClF3N2O. The van der Waals surface area contributed by atoms with Crippen LogP contribution >= 0.6 is 11.6 Å². The molecule has 0 unspecified atom stereocenters. The number of alkyl halides is 3. The SMILES string of the molecule is CC(C)NC(=O)c1ccc(C(F)(F)F)nc1Cl. The number of halogens is 4. The van der Waals surface area contributed by atoms with Crippen LogP contribution in [0.2, 0.25) is 5.15 Å². The number of carbonyl (C=O) groups is 1. The highest BCUT2D eigenvalue weighted by Gasteiger charge is 2.33. The number of nitrogens with one attached hydrogen (secondary N) is 1. The third-order valence-corrected chi connectivity index (χ3v) is 2.09. The van der Waals surface area contributed by atoms with Crippen molar-refractivity contribution in [2.45, 2.75) is 26.1 Å². The molecule has 0 bridgehead atoms. The van der Waals surface area contributed by atoms with E-state index in [9.17, 15) is 18.0 Å². The molecule has 0 aliphatic carbocycles. The van der Waals surface area contributed by atoms with Crippen LogP contribution in [0.25, 0.3) is 0 Å². The van der Waals surface area contributed by atoms with E-state index in [1.807, 2.05) is 0 Å². The van der Waals surface area contributed by atoms with Crippen LogP contribution in [0.15, 0.2) is 12.1 Å². The van der Waals surface area contributed by atoms with Gasteiger partial charge in [-0.3, -0.25) is 4.79 Å². The van der Waals surface area contributed by atoms with Crippen molar-refractivity contribution in [3.63, 3.8) is 0 Å². The van der Waals surface area contributed by atoms with Crippen molar-refractivity contribution in [2.24, 2.45) is 0 Å². The Bertz CT molecular complexity index is 432. The van der Waals surface area contributed by atoms with Crippen LogP contribution in [0.5, 0.6) is 0 Å². The Hall–Kier alpha value is -1.30. The van der Waals surface area contributed by atoms with Crippen molar-refractivity contribution in [1.29, 1.82) is 0 Å². The molecule has 1 N–H and O–H groups in total. The van der Waals surface area contributed by atoms with Crippen LogP contribution in [-0.4, -0.2) is 16.9 Å². The van der Waals surface area contributed by atoms with E-state index in [0.29, 0.717) is 0 Å². The minimum absolute atomic E-state index is 0.0756. The fraction of sp³-hybridized carbons (Fsp3) is 0.400. The van der Waals surface area contributed by atoms with Gasteiger partial charge in [0.1, 0.15) is 10.8 Å². The molecule has 1 aromatic rings. The summed E-state index contributed by atoms with van der Waals surface area (Å²) >= 11 is 5.54. The number of hydrogen-bond donors (Lipinski definition) is 1. The first-order valence-corrected chi connectivity index (χ1v) is 5.14. The summed E-state index contributed by atoms with van der Waals surface area (Å²) in [6, 6.07) is 1.60. The monoisotopic (exact) mass is 266 g/mol. The Morgan fingerprint density at radius 3 is 2.41 bits per heavy atom. The van der Waals surface area contributed by atoms with E-state index in [1.165, 1.54) is 0 Å². The molecule has 0 fully saturated rings. The van der Waals surface area contributed by atoms with Crippen molar-refractivity contribution in [1.82, 2.24) is 10.3 Å². The Kier molecular flexibility index (Phi) is 3.98. The van der Waals surface area contributed by atoms with E-state index >= 15 is 0 Å². The average Bonchev–Trinajstić information content (AvgIpc) is 2.14. The van der Waals surface area contributed by atoms with E-state index in [-0.39, 0.29) is 11.6 Å². The lowest BCUT2D eigenvalue weighted by molar-refractivity contribution is -0.141. The third-order valence-electron chi connectivity index (χ3n) is 1.80. The maximum absolute atomic E-state index is 12.3. The fourth-order valence-electron chi connectivity index (χ4n) is 1.10. The van der Waals surface area contributed by atoms with Crippen molar-refractivity contribution >= 4 is 17.5 Å². The number of carbonyl (C=O) groups excluding carboxylic acids is 1. The van der Waals surface area contributed by atoms with E-state index < -0.39 is 22.9 Å². The zero-order chi connectivity index (χ0) is 13.2. The maximum Gasteiger partial charge on any atom is 0.433 e. The van der Waals surface area contributed by atoms with Crippen molar-refractivity contribution in [2.75, 3.05) is 0 Å². The highest BCUT2D eigenvalue weighted by molar-refractivity contribution is 6.32. The summed E-state index contributed by atoms with van der Waals surface area (Å²) < 4.78 is 36.9. The molecule has 0 aromatic carbocycles. The summed E-state index contributed by atoms with van der Waals surface area (Å²) in [5, 5.41) is 2.05. The first-order valence-electron chi connectivity index (χ1n) is 4.76. The van der Waals surface area contributed by atoms with Gasteiger partial charge in [-0.15, -0.1) is 0 Å². The van der Waals surface area contributed by atoms with Gasteiger partial charge in [-0.25, -0.2) is 4.98 Å². The number of nitrogens with zero attached hydrogens (tertiary/aromatic N) is 1. The Balaban J connectivity index is 3.02. The largest absolute Gasteiger partial charge is 0.433 e. The summed E-state index contributed by atoms with van der Waals surface area (Å²) in [7, 11) is 0. The molecule has 0 radical (unpaired) electrons. The normalized spacial score (nSPS) is 11.7. The second-order valence-electron chi connectivity index (χ2n) is 3.66. The topological polar surface area (TPSA) is 42.0 Å². The summed E-state index contributed by atoms with van der Waals surface area (Å²) in [5.41, 5.74) is -1.20. The minimum atomic E-state index is -4.57. The van der Waals surface area contributed by atoms with Crippen LogP contribution in [0.4, 0.5) is 13.2 Å². The van der Waals surface area contributed by atoms with Gasteiger partial charge in [0.2, 0.25) is 0 Å². The van der Waals surface area contributed by atoms with Gasteiger partial charge in [0, 0.05) is 6.04 Å². The van der Waals surface area contributed by atoms with Crippen LogP contribution in [-0.2, 0) is 6.18 Å². The molecule has 3 nitrogen and oxygen atoms in total. The lowest BCUT2D eigenvalue weighted by Gasteiger charge is -2.11. The first-order chi connectivity index (χ1) is 7.71. The van der Waals surface area contributed by atoms with Gasteiger partial charge in [-0.2, -0.15) is 13.2 Å². The molecule has 0 spiro atoms. The third kappa shape index (κ3) is 3.59. The second kappa shape index (κ2) is 4.91. The van der Waals surface area contributed by atoms with Gasteiger partial charge in [0.15, 0.2) is 0 Å². The summed E-state index contributed by atoms with van der Waals surface area (Å²) in [5.74, 6) is -0.550. The summed E-state index contributed by atoms with van der Waals surface area (Å²) in [6.07, 6.45) is -4.57. The van der Waals surface area contributed by atoms with Gasteiger partial charge in [-0.1, -0.05) is 11.6 Å². The van der Waals surface area contributed by atoms with Crippen molar-refractivity contribution < 1.29 is 18.0 Å². The smallest absolute Gasteiger partial charge is 0.350 e. The molecule has 0 aliphatic heterocycles. The van der Waals surface area contributed by atoms with Gasteiger partial charge in [0.05, 0.1) is 5.56 Å². The van der Waals surface area contributed by atoms with Crippen LogP contribution in [0.1, 0.15) is 29.9 Å². The summed E-state index contributed by atoms with van der Waals surface area (Å²) in [6.45, 7) is 3.45. The highest BCUT2D eigenvalue weighted by Crippen LogP contribution is 2.29. The fourth-order valence-corrected chi connectivity index (χ4v) is 1.34. The van der Waals surface area contributed by atoms with Gasteiger partial charge in [-0.05, 0) is 26.0 Å². The molecule has 1 amide bonds. The molecule has 94 valence electrons. The molecule has 0 saturated heterocycles. The molecule has 1 heterocycles. The zero-order valence-corrected chi connectivity index (χ0v) is 9.86. The number of aromatic nitrogens is 1. The standard InChI is InChI=1S/C10H10ClF3N2O/c1-5(2)15-9(17)6-3-4-7(10(12,13)14)16-8(6)11/h3-5H,1-2H3,(H,15,17). The number of pyridine rings is 1. The van der Waals surface area contributed by atoms with E-state index in [0.717, 1.165) is 12.1 Å². The zero-order valence-electron chi connectivity index (χ0n) is 9.10. The predicted octanol–water partition coefficient (Wildman–Crippen LogP) is 2.89.